The van der Waals surface area contributed by atoms with Gasteiger partial charge in [-0.05, 0) is 83.8 Å². The van der Waals surface area contributed by atoms with E-state index in [1.807, 2.05) is 55.5 Å². The summed E-state index contributed by atoms with van der Waals surface area (Å²) < 4.78 is 0. The molecule has 3 heterocycles. The molecule has 9 heteroatoms. The standard InChI is InChI=1S/C36H38N6O3/c1-23-30(6-5-7-31(23)41-34(44)25-8-11-29(12-9-25)36(2,3)4)27-18-28(33(43)40-21-27)22-39-32-13-10-26(20-38-32)35(45)42-16-14-24(19-37)15-17-42/h5-13,18,20-21,24H,14-17,22H2,1-4H3,(H,38,39)(H,40,43)(H,41,44). The van der Waals surface area contributed by atoms with Crippen molar-refractivity contribution in [3.8, 4) is 17.2 Å². The van der Waals surface area contributed by atoms with E-state index in [-0.39, 0.29) is 35.3 Å². The van der Waals surface area contributed by atoms with Gasteiger partial charge in [0.25, 0.3) is 17.4 Å². The number of piperidine rings is 1. The molecule has 3 N–H and O–H groups in total. The van der Waals surface area contributed by atoms with Crippen LogP contribution in [0, 0.1) is 24.2 Å². The lowest BCUT2D eigenvalue weighted by molar-refractivity contribution is 0.0706. The van der Waals surface area contributed by atoms with Crippen LogP contribution >= 0.6 is 0 Å². The molecule has 2 aromatic carbocycles. The molecule has 5 rings (SSSR count). The smallest absolute Gasteiger partial charge is 0.255 e. The van der Waals surface area contributed by atoms with Crippen LogP contribution in [0.4, 0.5) is 11.5 Å². The third-order valence-corrected chi connectivity index (χ3v) is 8.32. The van der Waals surface area contributed by atoms with Crippen molar-refractivity contribution in [3.63, 3.8) is 0 Å². The van der Waals surface area contributed by atoms with E-state index in [2.05, 4.69) is 47.4 Å². The van der Waals surface area contributed by atoms with Gasteiger partial charge in [-0.2, -0.15) is 5.26 Å². The number of pyridine rings is 2. The van der Waals surface area contributed by atoms with Crippen LogP contribution in [-0.2, 0) is 12.0 Å². The molecular weight excluding hydrogens is 564 g/mol. The fourth-order valence-electron chi connectivity index (χ4n) is 5.42. The van der Waals surface area contributed by atoms with Crippen LogP contribution in [0.15, 0.2) is 77.9 Å². The summed E-state index contributed by atoms with van der Waals surface area (Å²) in [6, 6.07) is 20.9. The molecule has 1 fully saturated rings. The third kappa shape index (κ3) is 7.29. The molecule has 0 radical (unpaired) electrons. The first-order valence-corrected chi connectivity index (χ1v) is 15.2. The normalized spacial score (nSPS) is 13.6. The summed E-state index contributed by atoms with van der Waals surface area (Å²) in [6.07, 6.45) is 4.58. The first-order chi connectivity index (χ1) is 21.5. The molecule has 1 aliphatic rings. The molecular formula is C36H38N6O3. The SMILES string of the molecule is Cc1c(NC(=O)c2ccc(C(C)(C)C)cc2)cccc1-c1c[nH]c(=O)c(CNc2ccc(C(=O)N3CCC(C#N)CC3)cn2)c1. The van der Waals surface area contributed by atoms with Crippen molar-refractivity contribution >= 4 is 23.3 Å². The van der Waals surface area contributed by atoms with Crippen LogP contribution in [0.5, 0.6) is 0 Å². The van der Waals surface area contributed by atoms with Crippen LogP contribution in [0.3, 0.4) is 0 Å². The van der Waals surface area contributed by atoms with Gasteiger partial charge in [-0.1, -0.05) is 45.0 Å². The second-order valence-corrected chi connectivity index (χ2v) is 12.5. The number of benzene rings is 2. The minimum atomic E-state index is -0.223. The van der Waals surface area contributed by atoms with Gasteiger partial charge >= 0.3 is 0 Å². The van der Waals surface area contributed by atoms with Gasteiger partial charge < -0.3 is 20.5 Å². The Morgan fingerprint density at radius 3 is 2.40 bits per heavy atom. The van der Waals surface area contributed by atoms with Gasteiger partial charge in [-0.15, -0.1) is 0 Å². The number of nitrogens with one attached hydrogen (secondary N) is 3. The van der Waals surface area contributed by atoms with E-state index in [9.17, 15) is 14.4 Å². The summed E-state index contributed by atoms with van der Waals surface area (Å²) in [5, 5.41) is 15.3. The Bertz CT molecular complexity index is 1790. The maximum Gasteiger partial charge on any atom is 0.255 e. The third-order valence-electron chi connectivity index (χ3n) is 8.32. The molecule has 2 aromatic heterocycles. The fourth-order valence-corrected chi connectivity index (χ4v) is 5.42. The number of anilines is 2. The summed E-state index contributed by atoms with van der Waals surface area (Å²) in [5.41, 5.74) is 5.78. The van der Waals surface area contributed by atoms with Gasteiger partial charge in [0, 0.05) is 54.8 Å². The highest BCUT2D eigenvalue weighted by atomic mass is 16.2. The molecule has 2 amide bonds. The second kappa shape index (κ2) is 13.2. The number of rotatable bonds is 7. The van der Waals surface area contributed by atoms with Crippen molar-refractivity contribution in [2.75, 3.05) is 23.7 Å². The van der Waals surface area contributed by atoms with E-state index in [4.69, 9.17) is 5.26 Å². The number of hydrogen-bond donors (Lipinski definition) is 3. The quantitative estimate of drug-likeness (QED) is 0.228. The van der Waals surface area contributed by atoms with Gasteiger partial charge in [-0.3, -0.25) is 14.4 Å². The Labute approximate surface area is 263 Å². The summed E-state index contributed by atoms with van der Waals surface area (Å²) in [4.78, 5) is 47.5. The summed E-state index contributed by atoms with van der Waals surface area (Å²) in [5.74, 6) is 0.264. The number of amides is 2. The molecule has 0 unspecified atom stereocenters. The number of aromatic nitrogens is 2. The molecule has 0 saturated carbocycles. The average Bonchev–Trinajstić information content (AvgIpc) is 3.05. The van der Waals surface area contributed by atoms with Crippen LogP contribution in [-0.4, -0.2) is 39.8 Å². The van der Waals surface area contributed by atoms with Crippen LogP contribution in [0.2, 0.25) is 0 Å². The zero-order valence-corrected chi connectivity index (χ0v) is 26.1. The molecule has 9 nitrogen and oxygen atoms in total. The maximum atomic E-state index is 13.1. The van der Waals surface area contributed by atoms with Crippen LogP contribution < -0.4 is 16.2 Å². The lowest BCUT2D eigenvalue weighted by atomic mass is 9.86. The predicted molar refractivity (Wildman–Crippen MR) is 176 cm³/mol. The van der Waals surface area contributed by atoms with E-state index >= 15 is 0 Å². The number of carbonyl (C=O) groups excluding carboxylic acids is 2. The highest BCUT2D eigenvalue weighted by molar-refractivity contribution is 6.05. The topological polar surface area (TPSA) is 131 Å². The van der Waals surface area contributed by atoms with Crippen molar-refractivity contribution in [1.29, 1.82) is 5.26 Å². The Balaban J connectivity index is 1.25. The van der Waals surface area contributed by atoms with E-state index in [1.165, 1.54) is 6.20 Å². The lowest BCUT2D eigenvalue weighted by Crippen LogP contribution is -2.38. The number of carbonyl (C=O) groups is 2. The largest absolute Gasteiger partial charge is 0.366 e. The first-order valence-electron chi connectivity index (χ1n) is 15.2. The Hall–Kier alpha value is -5.23. The summed E-state index contributed by atoms with van der Waals surface area (Å²) in [7, 11) is 0. The van der Waals surface area contributed by atoms with Gasteiger partial charge in [0.1, 0.15) is 5.82 Å². The molecule has 0 atom stereocenters. The minimum Gasteiger partial charge on any atom is -0.366 e. The summed E-state index contributed by atoms with van der Waals surface area (Å²) >= 11 is 0. The number of nitriles is 1. The zero-order valence-electron chi connectivity index (χ0n) is 26.1. The van der Waals surface area contributed by atoms with Crippen molar-refractivity contribution in [2.45, 2.75) is 52.5 Å². The molecule has 0 spiro atoms. The van der Waals surface area contributed by atoms with Crippen LogP contribution in [0.25, 0.3) is 11.1 Å². The monoisotopic (exact) mass is 602 g/mol. The zero-order chi connectivity index (χ0) is 32.1. The molecule has 1 saturated heterocycles. The first kappa shape index (κ1) is 31.2. The number of aromatic amines is 1. The van der Waals surface area contributed by atoms with Crippen molar-refractivity contribution in [3.05, 3.63) is 111 Å². The molecule has 0 aliphatic carbocycles. The van der Waals surface area contributed by atoms with Gasteiger partial charge in [0.15, 0.2) is 0 Å². The second-order valence-electron chi connectivity index (χ2n) is 12.5. The Kier molecular flexibility index (Phi) is 9.14. The lowest BCUT2D eigenvalue weighted by Gasteiger charge is -2.29. The number of likely N-dealkylation sites (tertiary alicyclic amines) is 1. The van der Waals surface area contributed by atoms with E-state index in [1.54, 1.807) is 23.2 Å². The average molecular weight is 603 g/mol. The molecule has 45 heavy (non-hydrogen) atoms. The Morgan fingerprint density at radius 1 is 1.04 bits per heavy atom. The highest BCUT2D eigenvalue weighted by Crippen LogP contribution is 2.29. The number of H-pyrrole nitrogens is 1. The van der Waals surface area contributed by atoms with Crippen molar-refractivity contribution in [1.82, 2.24) is 14.9 Å². The van der Waals surface area contributed by atoms with E-state index < -0.39 is 0 Å². The van der Waals surface area contributed by atoms with Crippen molar-refractivity contribution < 1.29 is 9.59 Å². The minimum absolute atomic E-state index is 0.00431. The van der Waals surface area contributed by atoms with Gasteiger partial charge in [-0.25, -0.2) is 4.98 Å². The van der Waals surface area contributed by atoms with Crippen molar-refractivity contribution in [2.24, 2.45) is 5.92 Å². The summed E-state index contributed by atoms with van der Waals surface area (Å²) in [6.45, 7) is 9.71. The van der Waals surface area contributed by atoms with Gasteiger partial charge in [0.2, 0.25) is 0 Å². The number of hydrogen-bond acceptors (Lipinski definition) is 6. The maximum absolute atomic E-state index is 13.1. The fraction of sp³-hybridized carbons (Fsp3) is 0.306. The molecule has 4 aromatic rings. The predicted octanol–water partition coefficient (Wildman–Crippen LogP) is 6.28. The van der Waals surface area contributed by atoms with E-state index in [0.717, 1.165) is 22.3 Å². The highest BCUT2D eigenvalue weighted by Gasteiger charge is 2.23. The molecule has 230 valence electrons. The number of nitrogens with zero attached hydrogens (tertiary/aromatic N) is 3. The Morgan fingerprint density at radius 2 is 1.76 bits per heavy atom. The van der Waals surface area contributed by atoms with Crippen LogP contribution in [0.1, 0.15) is 71.0 Å². The van der Waals surface area contributed by atoms with Gasteiger partial charge in [0.05, 0.1) is 11.6 Å². The molecule has 1 aliphatic heterocycles. The molecule has 0 bridgehead atoms. The van der Waals surface area contributed by atoms with E-state index in [0.29, 0.717) is 54.1 Å².